The van der Waals surface area contributed by atoms with E-state index in [2.05, 4.69) is 31.9 Å². The zero-order chi connectivity index (χ0) is 27.0. The molecule has 0 spiro atoms. The Morgan fingerprint density at radius 3 is 1.97 bits per heavy atom. The average Bonchev–Trinajstić information content (AvgIpc) is 3.08. The van der Waals surface area contributed by atoms with Crippen molar-refractivity contribution in [3.8, 4) is 0 Å². The number of hydrogen-bond acceptors (Lipinski definition) is 4. The number of fused-ring (bicyclic) bond motifs is 1. The number of halogens is 6. The molecule has 1 heterocycles. The van der Waals surface area contributed by atoms with Crippen molar-refractivity contribution < 1.29 is 19.2 Å². The summed E-state index contributed by atoms with van der Waals surface area (Å²) in [6.07, 6.45) is 0.780. The van der Waals surface area contributed by atoms with E-state index in [1.807, 2.05) is 0 Å². The number of carbonyl (C=O) groups is 4. The molecule has 0 radical (unpaired) electrons. The molecular formula is C25H20Br2Cl4N2O4. The fraction of sp³-hybridized carbons (Fsp3) is 0.360. The summed E-state index contributed by atoms with van der Waals surface area (Å²) in [6, 6.07) is 9.10. The van der Waals surface area contributed by atoms with Crippen LogP contribution in [0.15, 0.2) is 42.5 Å². The van der Waals surface area contributed by atoms with Crippen LogP contribution in [0.5, 0.6) is 0 Å². The van der Waals surface area contributed by atoms with E-state index in [0.717, 1.165) is 10.0 Å². The summed E-state index contributed by atoms with van der Waals surface area (Å²) >= 11 is 31.6. The first kappa shape index (κ1) is 28.8. The smallest absolute Gasteiger partial charge is 0.275 e. The molecular weight excluding hydrogens is 694 g/mol. The van der Waals surface area contributed by atoms with Crippen molar-refractivity contribution in [3.63, 3.8) is 0 Å². The van der Waals surface area contributed by atoms with Crippen molar-refractivity contribution >= 4 is 102 Å². The molecule has 37 heavy (non-hydrogen) atoms. The number of carbonyl (C=O) groups excluding carboxylic acids is 4. The van der Waals surface area contributed by atoms with Gasteiger partial charge in [-0.3, -0.25) is 19.2 Å². The number of Topliss-reactive ketones (excluding diaryl/α,β-unsaturated/α-hetero) is 1. The Balaban J connectivity index is 1.83. The molecule has 0 aromatic heterocycles. The summed E-state index contributed by atoms with van der Waals surface area (Å²) in [6.45, 7) is 0. The van der Waals surface area contributed by atoms with Gasteiger partial charge >= 0.3 is 0 Å². The molecule has 0 unspecified atom stereocenters. The number of hydrazine groups is 1. The van der Waals surface area contributed by atoms with Gasteiger partial charge in [-0.2, -0.15) is 5.01 Å². The predicted molar refractivity (Wildman–Crippen MR) is 151 cm³/mol. The minimum absolute atomic E-state index is 0.0123. The van der Waals surface area contributed by atoms with E-state index < -0.39 is 41.4 Å². The number of benzene rings is 2. The van der Waals surface area contributed by atoms with Crippen molar-refractivity contribution in [2.75, 3.05) is 5.88 Å². The van der Waals surface area contributed by atoms with Gasteiger partial charge in [-0.05, 0) is 61.7 Å². The highest BCUT2D eigenvalue weighted by molar-refractivity contribution is 9.12. The molecule has 1 saturated heterocycles. The van der Waals surface area contributed by atoms with E-state index in [0.29, 0.717) is 22.9 Å². The van der Waals surface area contributed by atoms with Crippen molar-refractivity contribution in [1.29, 1.82) is 0 Å². The number of rotatable bonds is 7. The van der Waals surface area contributed by atoms with Crippen LogP contribution in [0.2, 0.25) is 15.1 Å². The maximum absolute atomic E-state index is 14.0. The highest BCUT2D eigenvalue weighted by Crippen LogP contribution is 2.44. The molecule has 1 aliphatic carbocycles. The molecule has 3 amide bonds. The Morgan fingerprint density at radius 2 is 1.46 bits per heavy atom. The van der Waals surface area contributed by atoms with Crippen molar-refractivity contribution in [1.82, 2.24) is 10.0 Å². The van der Waals surface area contributed by atoms with Gasteiger partial charge in [0.05, 0.1) is 22.4 Å². The molecule has 5 atom stereocenters. The van der Waals surface area contributed by atoms with Crippen LogP contribution in [0.1, 0.15) is 40.0 Å². The third-order valence-electron chi connectivity index (χ3n) is 6.58. The van der Waals surface area contributed by atoms with Crippen molar-refractivity contribution in [3.05, 3.63) is 68.7 Å². The Kier molecular flexibility index (Phi) is 9.29. The lowest BCUT2D eigenvalue weighted by atomic mass is 9.81. The lowest BCUT2D eigenvalue weighted by molar-refractivity contribution is -0.156. The number of amides is 3. The van der Waals surface area contributed by atoms with Crippen LogP contribution in [-0.2, 0) is 9.59 Å². The molecule has 0 N–H and O–H groups in total. The fourth-order valence-corrected chi connectivity index (χ4v) is 6.78. The first-order valence-corrected chi connectivity index (χ1v) is 14.8. The molecule has 196 valence electrons. The van der Waals surface area contributed by atoms with Gasteiger partial charge < -0.3 is 0 Å². The van der Waals surface area contributed by atoms with Gasteiger partial charge in [0, 0.05) is 31.1 Å². The summed E-state index contributed by atoms with van der Waals surface area (Å²) in [7, 11) is 0. The van der Waals surface area contributed by atoms with E-state index in [9.17, 15) is 19.2 Å². The monoisotopic (exact) mass is 710 g/mol. The van der Waals surface area contributed by atoms with Crippen molar-refractivity contribution in [2.45, 2.75) is 35.0 Å². The van der Waals surface area contributed by atoms with E-state index >= 15 is 0 Å². The van der Waals surface area contributed by atoms with Crippen LogP contribution >= 0.6 is 78.3 Å². The zero-order valence-electron chi connectivity index (χ0n) is 19.1. The first-order valence-electron chi connectivity index (χ1n) is 11.3. The molecule has 1 saturated carbocycles. The molecule has 2 aromatic rings. The van der Waals surface area contributed by atoms with E-state index in [1.54, 1.807) is 12.1 Å². The molecule has 12 heteroatoms. The van der Waals surface area contributed by atoms with Crippen LogP contribution in [-0.4, -0.2) is 55.1 Å². The zero-order valence-corrected chi connectivity index (χ0v) is 25.2. The van der Waals surface area contributed by atoms with Gasteiger partial charge in [0.25, 0.3) is 17.7 Å². The largest absolute Gasteiger partial charge is 0.292 e. The van der Waals surface area contributed by atoms with Gasteiger partial charge in [-0.15, -0.1) is 11.6 Å². The van der Waals surface area contributed by atoms with Crippen molar-refractivity contribution in [2.24, 2.45) is 11.8 Å². The molecule has 2 aromatic carbocycles. The van der Waals surface area contributed by atoms with Crippen LogP contribution in [0.3, 0.4) is 0 Å². The average molecular weight is 714 g/mol. The molecule has 4 rings (SSSR count). The second kappa shape index (κ2) is 11.9. The standard InChI is InChI=1S/C25H20Br2Cl4N2O4/c26-18-10-16-17(11-19(18)27)25(37)33(24(16)36)32(23(35)15-6-5-14(30)9-20(15)31)21(7-8-28)22(34)12-1-3-13(29)4-2-12/h1-6,9,16-19,21H,7-8,10-11H2/t16-,17-,18-,19+,21+/m1/s1. The number of alkyl halides is 3. The number of ketones is 1. The van der Waals surface area contributed by atoms with E-state index in [1.165, 1.54) is 30.3 Å². The number of nitrogens with zero attached hydrogens (tertiary/aromatic N) is 2. The lowest BCUT2D eigenvalue weighted by Crippen LogP contribution is -2.57. The third-order valence-corrected chi connectivity index (χ3v) is 10.3. The number of hydrogen-bond donors (Lipinski definition) is 0. The maximum Gasteiger partial charge on any atom is 0.275 e. The van der Waals surface area contributed by atoms with E-state index in [-0.39, 0.29) is 38.1 Å². The second-order valence-electron chi connectivity index (χ2n) is 8.84. The molecule has 0 bridgehead atoms. The summed E-state index contributed by atoms with van der Waals surface area (Å²) < 4.78 is 0. The Morgan fingerprint density at radius 1 is 0.919 bits per heavy atom. The lowest BCUT2D eigenvalue weighted by Gasteiger charge is -2.36. The fourth-order valence-electron chi connectivity index (χ4n) is 4.72. The predicted octanol–water partition coefficient (Wildman–Crippen LogP) is 6.81. The summed E-state index contributed by atoms with van der Waals surface area (Å²) in [4.78, 5) is 55.1. The highest BCUT2D eigenvalue weighted by atomic mass is 79.9. The molecule has 2 aliphatic rings. The SMILES string of the molecule is O=C(c1ccc(Cl)cc1)[C@H](CCCl)N(C(=O)c1ccc(Cl)cc1Cl)N1C(=O)[C@@H]2C[C@@H](Br)[C@@H](Br)C[C@H]2C1=O. The van der Waals surface area contributed by atoms with Crippen LogP contribution < -0.4 is 0 Å². The van der Waals surface area contributed by atoms with E-state index in [4.69, 9.17) is 46.4 Å². The number of imide groups is 1. The van der Waals surface area contributed by atoms with Gasteiger partial charge in [0.2, 0.25) is 0 Å². The quantitative estimate of drug-likeness (QED) is 0.180. The minimum Gasteiger partial charge on any atom is -0.292 e. The highest BCUT2D eigenvalue weighted by Gasteiger charge is 2.56. The second-order valence-corrected chi connectivity index (χ2v) is 12.9. The topological polar surface area (TPSA) is 74.8 Å². The Labute approximate surface area is 250 Å². The summed E-state index contributed by atoms with van der Waals surface area (Å²) in [5.41, 5.74) is 0.235. The molecule has 1 aliphatic heterocycles. The third kappa shape index (κ3) is 5.75. The molecule has 6 nitrogen and oxygen atoms in total. The van der Waals surface area contributed by atoms with Gasteiger partial charge in [0.15, 0.2) is 5.78 Å². The Hall–Kier alpha value is -1.16. The minimum atomic E-state index is -1.26. The summed E-state index contributed by atoms with van der Waals surface area (Å²) in [5, 5.41) is 2.51. The van der Waals surface area contributed by atoms with Crippen LogP contribution in [0.4, 0.5) is 0 Å². The Bertz CT molecular complexity index is 1220. The normalized spacial score (nSPS) is 24.1. The van der Waals surface area contributed by atoms with Gasteiger partial charge in [-0.25, -0.2) is 5.01 Å². The van der Waals surface area contributed by atoms with Crippen LogP contribution in [0, 0.1) is 11.8 Å². The van der Waals surface area contributed by atoms with Gasteiger partial charge in [0.1, 0.15) is 6.04 Å². The first-order chi connectivity index (χ1) is 17.5. The van der Waals surface area contributed by atoms with Gasteiger partial charge in [-0.1, -0.05) is 66.7 Å². The van der Waals surface area contributed by atoms with Crippen LogP contribution in [0.25, 0.3) is 0 Å². The summed E-state index contributed by atoms with van der Waals surface area (Å²) in [5.74, 6) is -3.65. The maximum atomic E-state index is 14.0. The molecule has 2 fully saturated rings.